The largest absolute Gasteiger partial charge is 0.273 e. The van der Waals surface area contributed by atoms with Crippen molar-refractivity contribution in [3.05, 3.63) is 42.5 Å². The van der Waals surface area contributed by atoms with Gasteiger partial charge < -0.3 is 0 Å². The van der Waals surface area contributed by atoms with Crippen LogP contribution < -0.4 is 0 Å². The molecule has 0 saturated carbocycles. The molecular formula is C12H13N5. The Hall–Kier alpha value is -2.17. The summed E-state index contributed by atoms with van der Waals surface area (Å²) in [7, 11) is 0. The van der Waals surface area contributed by atoms with Gasteiger partial charge in [-0.1, -0.05) is 0 Å². The van der Waals surface area contributed by atoms with Gasteiger partial charge in [0.2, 0.25) is 0 Å². The molecule has 0 aliphatic rings. The van der Waals surface area contributed by atoms with Gasteiger partial charge in [-0.2, -0.15) is 10.2 Å². The second-order valence-electron chi connectivity index (χ2n) is 3.91. The Morgan fingerprint density at radius 1 is 1.24 bits per heavy atom. The van der Waals surface area contributed by atoms with Gasteiger partial charge in [-0.05, 0) is 19.1 Å². The lowest BCUT2D eigenvalue weighted by molar-refractivity contribution is 0.656. The number of pyridine rings is 1. The van der Waals surface area contributed by atoms with Crippen LogP contribution >= 0.6 is 0 Å². The minimum Gasteiger partial charge on any atom is -0.273 e. The lowest BCUT2D eigenvalue weighted by Crippen LogP contribution is -2.00. The smallest absolute Gasteiger partial charge is 0.108 e. The van der Waals surface area contributed by atoms with Gasteiger partial charge in [0.25, 0.3) is 0 Å². The van der Waals surface area contributed by atoms with E-state index >= 15 is 0 Å². The summed E-state index contributed by atoms with van der Waals surface area (Å²) in [6.07, 6.45) is 7.50. The van der Waals surface area contributed by atoms with E-state index in [1.165, 1.54) is 0 Å². The maximum Gasteiger partial charge on any atom is 0.108 e. The number of nitrogens with zero attached hydrogens (tertiary/aromatic N) is 5. The van der Waals surface area contributed by atoms with Crippen molar-refractivity contribution in [3.8, 4) is 0 Å². The molecule has 5 heteroatoms. The second-order valence-corrected chi connectivity index (χ2v) is 3.91. The summed E-state index contributed by atoms with van der Waals surface area (Å²) in [5.74, 6) is 0. The molecule has 3 aromatic rings. The SMILES string of the molecule is CCn1cc(Cn2ncc3ncccc32)cn1. The molecule has 0 atom stereocenters. The molecule has 3 heterocycles. The quantitative estimate of drug-likeness (QED) is 0.684. The molecule has 0 fully saturated rings. The lowest BCUT2D eigenvalue weighted by Gasteiger charge is -2.00. The van der Waals surface area contributed by atoms with Crippen LogP contribution in [0, 0.1) is 0 Å². The summed E-state index contributed by atoms with van der Waals surface area (Å²) in [5, 5.41) is 8.60. The van der Waals surface area contributed by atoms with E-state index in [0.29, 0.717) is 0 Å². The minimum atomic E-state index is 0.731. The van der Waals surface area contributed by atoms with Crippen LogP contribution in [-0.2, 0) is 13.1 Å². The van der Waals surface area contributed by atoms with Crippen LogP contribution in [0.5, 0.6) is 0 Å². The number of aryl methyl sites for hydroxylation is 1. The predicted octanol–water partition coefficient (Wildman–Crippen LogP) is 1.70. The highest BCUT2D eigenvalue weighted by Crippen LogP contribution is 2.11. The molecule has 0 radical (unpaired) electrons. The molecule has 0 spiro atoms. The van der Waals surface area contributed by atoms with Crippen molar-refractivity contribution in [2.24, 2.45) is 0 Å². The van der Waals surface area contributed by atoms with Gasteiger partial charge in [0.05, 0.1) is 24.5 Å². The highest BCUT2D eigenvalue weighted by atomic mass is 15.3. The molecule has 0 bridgehead atoms. The lowest BCUT2D eigenvalue weighted by atomic mass is 10.3. The number of fused-ring (bicyclic) bond motifs is 1. The molecule has 5 nitrogen and oxygen atoms in total. The maximum atomic E-state index is 4.34. The van der Waals surface area contributed by atoms with E-state index in [0.717, 1.165) is 29.7 Å². The third-order valence-corrected chi connectivity index (χ3v) is 2.76. The second kappa shape index (κ2) is 4.01. The molecule has 0 aliphatic heterocycles. The van der Waals surface area contributed by atoms with Crippen molar-refractivity contribution >= 4 is 11.0 Å². The summed E-state index contributed by atoms with van der Waals surface area (Å²) in [6, 6.07) is 3.95. The summed E-state index contributed by atoms with van der Waals surface area (Å²) in [4.78, 5) is 4.26. The van der Waals surface area contributed by atoms with E-state index in [2.05, 4.69) is 22.1 Å². The van der Waals surface area contributed by atoms with E-state index < -0.39 is 0 Å². The summed E-state index contributed by atoms with van der Waals surface area (Å²) < 4.78 is 3.86. The Bertz CT molecular complexity index is 637. The zero-order valence-corrected chi connectivity index (χ0v) is 9.61. The highest BCUT2D eigenvalue weighted by molar-refractivity contribution is 5.73. The average Bonchev–Trinajstić information content (AvgIpc) is 2.97. The first-order valence-corrected chi connectivity index (χ1v) is 5.64. The van der Waals surface area contributed by atoms with Gasteiger partial charge in [-0.15, -0.1) is 0 Å². The fourth-order valence-corrected chi connectivity index (χ4v) is 1.87. The van der Waals surface area contributed by atoms with Crippen LogP contribution in [0.4, 0.5) is 0 Å². The number of hydrogen-bond donors (Lipinski definition) is 0. The van der Waals surface area contributed by atoms with Crippen LogP contribution in [0.25, 0.3) is 11.0 Å². The van der Waals surface area contributed by atoms with Crippen molar-refractivity contribution in [1.29, 1.82) is 0 Å². The predicted molar refractivity (Wildman–Crippen MR) is 64.5 cm³/mol. The van der Waals surface area contributed by atoms with Gasteiger partial charge in [-0.3, -0.25) is 14.3 Å². The van der Waals surface area contributed by atoms with Crippen molar-refractivity contribution in [2.75, 3.05) is 0 Å². The summed E-state index contributed by atoms with van der Waals surface area (Å²) in [5.41, 5.74) is 3.13. The monoisotopic (exact) mass is 227 g/mol. The molecule has 0 amide bonds. The summed E-state index contributed by atoms with van der Waals surface area (Å²) in [6.45, 7) is 3.70. The molecule has 0 N–H and O–H groups in total. The fourth-order valence-electron chi connectivity index (χ4n) is 1.87. The van der Waals surface area contributed by atoms with Crippen LogP contribution in [0.1, 0.15) is 12.5 Å². The van der Waals surface area contributed by atoms with Gasteiger partial charge in [0.15, 0.2) is 0 Å². The van der Waals surface area contributed by atoms with Crippen molar-refractivity contribution in [2.45, 2.75) is 20.0 Å². The molecule has 3 aromatic heterocycles. The first-order chi connectivity index (χ1) is 8.36. The molecule has 86 valence electrons. The Balaban J connectivity index is 1.94. The van der Waals surface area contributed by atoms with E-state index in [1.54, 1.807) is 12.4 Å². The van der Waals surface area contributed by atoms with Gasteiger partial charge in [0, 0.05) is 24.5 Å². The molecule has 0 aliphatic carbocycles. The first kappa shape index (κ1) is 10.0. The van der Waals surface area contributed by atoms with Crippen LogP contribution in [0.15, 0.2) is 36.9 Å². The topological polar surface area (TPSA) is 48.5 Å². The van der Waals surface area contributed by atoms with E-state index in [4.69, 9.17) is 0 Å². The Labute approximate surface area is 98.7 Å². The van der Waals surface area contributed by atoms with Crippen molar-refractivity contribution in [1.82, 2.24) is 24.5 Å². The number of rotatable bonds is 3. The zero-order valence-electron chi connectivity index (χ0n) is 9.61. The third kappa shape index (κ3) is 1.80. The third-order valence-electron chi connectivity index (χ3n) is 2.76. The minimum absolute atomic E-state index is 0.731. The Kier molecular flexibility index (Phi) is 2.36. The van der Waals surface area contributed by atoms with E-state index in [1.807, 2.05) is 33.9 Å². The number of hydrogen-bond acceptors (Lipinski definition) is 3. The van der Waals surface area contributed by atoms with Gasteiger partial charge in [0.1, 0.15) is 5.52 Å². The fraction of sp³-hybridized carbons (Fsp3) is 0.250. The molecule has 3 rings (SSSR count). The standard InChI is InChI=1S/C12H13N5/c1-2-16-8-10(6-14-16)9-17-12-4-3-5-13-11(12)7-15-17/h3-8H,2,9H2,1H3. The normalized spacial score (nSPS) is 11.1. The molecule has 0 aromatic carbocycles. The highest BCUT2D eigenvalue weighted by Gasteiger charge is 2.04. The Morgan fingerprint density at radius 2 is 2.18 bits per heavy atom. The number of aromatic nitrogens is 5. The molecule has 0 unspecified atom stereocenters. The first-order valence-electron chi connectivity index (χ1n) is 5.64. The van der Waals surface area contributed by atoms with Gasteiger partial charge in [-0.25, -0.2) is 0 Å². The van der Waals surface area contributed by atoms with Crippen molar-refractivity contribution in [3.63, 3.8) is 0 Å². The average molecular weight is 227 g/mol. The molecule has 17 heavy (non-hydrogen) atoms. The van der Waals surface area contributed by atoms with Crippen LogP contribution in [-0.4, -0.2) is 24.5 Å². The van der Waals surface area contributed by atoms with E-state index in [-0.39, 0.29) is 0 Å². The van der Waals surface area contributed by atoms with Crippen molar-refractivity contribution < 1.29 is 0 Å². The molecular weight excluding hydrogens is 214 g/mol. The van der Waals surface area contributed by atoms with E-state index in [9.17, 15) is 0 Å². The van der Waals surface area contributed by atoms with Gasteiger partial charge >= 0.3 is 0 Å². The van der Waals surface area contributed by atoms with Crippen LogP contribution in [0.3, 0.4) is 0 Å². The zero-order chi connectivity index (χ0) is 11.7. The Morgan fingerprint density at radius 3 is 3.00 bits per heavy atom. The maximum absolute atomic E-state index is 4.34. The van der Waals surface area contributed by atoms with Crippen LogP contribution in [0.2, 0.25) is 0 Å². The molecule has 0 saturated heterocycles. The summed E-state index contributed by atoms with van der Waals surface area (Å²) >= 11 is 0.